The topological polar surface area (TPSA) is 64.8 Å². The summed E-state index contributed by atoms with van der Waals surface area (Å²) in [4.78, 5) is 10.7. The minimum Gasteiger partial charge on any atom is -0.368 e. The lowest BCUT2D eigenvalue weighted by Gasteiger charge is -2.15. The standard InChI is InChI=1S/C12H17N5/c1-10-15-9-11(8-13)12(16-10)14-4-7-17-5-2-3-6-17/h9H,2-7H2,1H3,(H,14,15,16). The Morgan fingerprint density at radius 3 is 2.94 bits per heavy atom. The molecule has 1 aliphatic heterocycles. The predicted octanol–water partition coefficient (Wildman–Crippen LogP) is 1.16. The van der Waals surface area contributed by atoms with E-state index in [0.29, 0.717) is 17.2 Å². The first-order chi connectivity index (χ1) is 8.29. The minimum absolute atomic E-state index is 0.511. The van der Waals surface area contributed by atoms with Crippen molar-refractivity contribution >= 4 is 5.82 Å². The summed E-state index contributed by atoms with van der Waals surface area (Å²) in [6.45, 7) is 6.04. The molecule has 1 aromatic rings. The smallest absolute Gasteiger partial charge is 0.147 e. The Labute approximate surface area is 101 Å². The normalized spacial score (nSPS) is 15.8. The zero-order chi connectivity index (χ0) is 12.1. The molecule has 1 saturated heterocycles. The van der Waals surface area contributed by atoms with Gasteiger partial charge in [-0.05, 0) is 32.9 Å². The molecule has 0 aromatic carbocycles. The molecule has 1 N–H and O–H groups in total. The molecule has 0 atom stereocenters. The molecule has 0 unspecified atom stereocenters. The quantitative estimate of drug-likeness (QED) is 0.842. The number of anilines is 1. The van der Waals surface area contributed by atoms with Crippen molar-refractivity contribution in [1.29, 1.82) is 5.26 Å². The predicted molar refractivity (Wildman–Crippen MR) is 65.6 cm³/mol. The zero-order valence-electron chi connectivity index (χ0n) is 10.1. The fraction of sp³-hybridized carbons (Fsp3) is 0.583. The van der Waals surface area contributed by atoms with Crippen molar-refractivity contribution in [3.63, 3.8) is 0 Å². The van der Waals surface area contributed by atoms with Gasteiger partial charge in [0.25, 0.3) is 0 Å². The van der Waals surface area contributed by atoms with Crippen LogP contribution in [0.4, 0.5) is 5.82 Å². The van der Waals surface area contributed by atoms with E-state index in [1.165, 1.54) is 25.9 Å². The summed E-state index contributed by atoms with van der Waals surface area (Å²) in [5.41, 5.74) is 0.511. The van der Waals surface area contributed by atoms with Gasteiger partial charge < -0.3 is 10.2 Å². The van der Waals surface area contributed by atoms with E-state index in [0.717, 1.165) is 13.1 Å². The van der Waals surface area contributed by atoms with E-state index >= 15 is 0 Å². The Bertz CT molecular complexity index is 417. The maximum Gasteiger partial charge on any atom is 0.147 e. The van der Waals surface area contributed by atoms with Crippen LogP contribution in [0.25, 0.3) is 0 Å². The van der Waals surface area contributed by atoms with Gasteiger partial charge in [0.15, 0.2) is 0 Å². The van der Waals surface area contributed by atoms with Crippen molar-refractivity contribution in [2.24, 2.45) is 0 Å². The Balaban J connectivity index is 1.89. The maximum atomic E-state index is 8.94. The summed E-state index contributed by atoms with van der Waals surface area (Å²) in [5.74, 6) is 1.34. The molecule has 0 bridgehead atoms. The van der Waals surface area contributed by atoms with E-state index in [2.05, 4.69) is 26.3 Å². The zero-order valence-corrected chi connectivity index (χ0v) is 10.1. The van der Waals surface area contributed by atoms with Crippen LogP contribution in [0.15, 0.2) is 6.20 Å². The summed E-state index contributed by atoms with van der Waals surface area (Å²) < 4.78 is 0. The lowest BCUT2D eigenvalue weighted by molar-refractivity contribution is 0.352. The Hall–Kier alpha value is -1.67. The fourth-order valence-electron chi connectivity index (χ4n) is 2.03. The molecule has 1 aliphatic rings. The number of hydrogen-bond acceptors (Lipinski definition) is 5. The molecule has 0 aliphatic carbocycles. The number of nitriles is 1. The lowest BCUT2D eigenvalue weighted by Crippen LogP contribution is -2.26. The van der Waals surface area contributed by atoms with Gasteiger partial charge in [0, 0.05) is 13.1 Å². The SMILES string of the molecule is Cc1ncc(C#N)c(NCCN2CCCC2)n1. The molecule has 5 heteroatoms. The molecule has 90 valence electrons. The van der Waals surface area contributed by atoms with Gasteiger partial charge in [-0.25, -0.2) is 9.97 Å². The van der Waals surface area contributed by atoms with Gasteiger partial charge in [-0.2, -0.15) is 5.26 Å². The van der Waals surface area contributed by atoms with Crippen LogP contribution in [0.1, 0.15) is 24.2 Å². The first-order valence-electron chi connectivity index (χ1n) is 5.99. The molecular weight excluding hydrogens is 214 g/mol. The molecular formula is C12H17N5. The molecule has 2 heterocycles. The fourth-order valence-corrected chi connectivity index (χ4v) is 2.03. The van der Waals surface area contributed by atoms with Gasteiger partial charge >= 0.3 is 0 Å². The molecule has 17 heavy (non-hydrogen) atoms. The summed E-state index contributed by atoms with van der Waals surface area (Å²) in [7, 11) is 0. The molecule has 2 rings (SSSR count). The van der Waals surface area contributed by atoms with Crippen LogP contribution in [0.3, 0.4) is 0 Å². The summed E-state index contributed by atoms with van der Waals surface area (Å²) in [6.07, 6.45) is 4.17. The van der Waals surface area contributed by atoms with E-state index in [4.69, 9.17) is 5.26 Å². The molecule has 0 amide bonds. The first-order valence-corrected chi connectivity index (χ1v) is 5.99. The number of hydrogen-bond donors (Lipinski definition) is 1. The van der Waals surface area contributed by atoms with Gasteiger partial charge in [-0.15, -0.1) is 0 Å². The number of aromatic nitrogens is 2. The summed E-state index contributed by atoms with van der Waals surface area (Å²) in [6, 6.07) is 2.10. The Kier molecular flexibility index (Phi) is 3.89. The van der Waals surface area contributed by atoms with Crippen molar-refractivity contribution in [1.82, 2.24) is 14.9 Å². The Morgan fingerprint density at radius 2 is 2.24 bits per heavy atom. The Morgan fingerprint density at radius 1 is 1.47 bits per heavy atom. The van der Waals surface area contributed by atoms with Crippen molar-refractivity contribution < 1.29 is 0 Å². The van der Waals surface area contributed by atoms with Crippen LogP contribution < -0.4 is 5.32 Å². The highest BCUT2D eigenvalue weighted by molar-refractivity contribution is 5.50. The molecule has 0 spiro atoms. The average Bonchev–Trinajstić information content (AvgIpc) is 2.82. The number of nitrogens with one attached hydrogen (secondary N) is 1. The third-order valence-electron chi connectivity index (χ3n) is 2.95. The van der Waals surface area contributed by atoms with E-state index in [1.807, 2.05) is 6.92 Å². The average molecular weight is 231 g/mol. The third kappa shape index (κ3) is 3.14. The van der Waals surface area contributed by atoms with Gasteiger partial charge in [0.05, 0.1) is 6.20 Å². The van der Waals surface area contributed by atoms with Crippen LogP contribution in [0.5, 0.6) is 0 Å². The van der Waals surface area contributed by atoms with Crippen molar-refractivity contribution in [3.05, 3.63) is 17.6 Å². The highest BCUT2D eigenvalue weighted by Crippen LogP contribution is 2.10. The molecule has 5 nitrogen and oxygen atoms in total. The molecule has 1 aromatic heterocycles. The highest BCUT2D eigenvalue weighted by Gasteiger charge is 2.11. The van der Waals surface area contributed by atoms with E-state index in [1.54, 1.807) is 6.20 Å². The number of aryl methyl sites for hydroxylation is 1. The monoisotopic (exact) mass is 231 g/mol. The van der Waals surface area contributed by atoms with Gasteiger partial charge in [-0.3, -0.25) is 0 Å². The van der Waals surface area contributed by atoms with E-state index < -0.39 is 0 Å². The van der Waals surface area contributed by atoms with Gasteiger partial charge in [-0.1, -0.05) is 0 Å². The minimum atomic E-state index is 0.511. The van der Waals surface area contributed by atoms with Crippen LogP contribution in [-0.4, -0.2) is 41.0 Å². The van der Waals surface area contributed by atoms with E-state index in [9.17, 15) is 0 Å². The second kappa shape index (κ2) is 5.60. The number of likely N-dealkylation sites (tertiary alicyclic amines) is 1. The van der Waals surface area contributed by atoms with Crippen molar-refractivity contribution in [3.8, 4) is 6.07 Å². The van der Waals surface area contributed by atoms with Gasteiger partial charge in [0.1, 0.15) is 23.3 Å². The summed E-state index contributed by atoms with van der Waals surface area (Å²) >= 11 is 0. The second-order valence-corrected chi connectivity index (χ2v) is 4.27. The van der Waals surface area contributed by atoms with Crippen LogP contribution in [0, 0.1) is 18.3 Å². The maximum absolute atomic E-state index is 8.94. The molecule has 0 saturated carbocycles. The van der Waals surface area contributed by atoms with Crippen LogP contribution in [0.2, 0.25) is 0 Å². The van der Waals surface area contributed by atoms with Crippen LogP contribution in [-0.2, 0) is 0 Å². The highest BCUT2D eigenvalue weighted by atomic mass is 15.2. The number of rotatable bonds is 4. The lowest BCUT2D eigenvalue weighted by atomic mass is 10.3. The van der Waals surface area contributed by atoms with Gasteiger partial charge in [0.2, 0.25) is 0 Å². The van der Waals surface area contributed by atoms with Crippen molar-refractivity contribution in [2.45, 2.75) is 19.8 Å². The summed E-state index contributed by atoms with van der Waals surface area (Å²) in [5, 5.41) is 12.2. The van der Waals surface area contributed by atoms with E-state index in [-0.39, 0.29) is 0 Å². The van der Waals surface area contributed by atoms with Crippen molar-refractivity contribution in [2.75, 3.05) is 31.5 Å². The number of nitrogens with zero attached hydrogens (tertiary/aromatic N) is 4. The third-order valence-corrected chi connectivity index (χ3v) is 2.95. The first kappa shape index (κ1) is 11.8. The molecule has 0 radical (unpaired) electrons. The van der Waals surface area contributed by atoms with Crippen LogP contribution >= 0.6 is 0 Å². The largest absolute Gasteiger partial charge is 0.368 e. The molecule has 1 fully saturated rings. The second-order valence-electron chi connectivity index (χ2n) is 4.27.